The maximum atomic E-state index is 12.6. The van der Waals surface area contributed by atoms with Crippen LogP contribution in [0.25, 0.3) is 11.1 Å². The minimum absolute atomic E-state index is 0.358. The van der Waals surface area contributed by atoms with Crippen molar-refractivity contribution in [2.45, 2.75) is 31.1 Å². The number of halogens is 3. The highest BCUT2D eigenvalue weighted by molar-refractivity contribution is 5.87. The van der Waals surface area contributed by atoms with Gasteiger partial charge in [0.2, 0.25) is 0 Å². The summed E-state index contributed by atoms with van der Waals surface area (Å²) in [6, 6.07) is 57.1. The molecule has 8 nitrogen and oxygen atoms in total. The van der Waals surface area contributed by atoms with Crippen LogP contribution in [0.4, 0.5) is 24.5 Å². The molecule has 0 saturated heterocycles. The van der Waals surface area contributed by atoms with Crippen LogP contribution in [0.1, 0.15) is 50.8 Å². The first kappa shape index (κ1) is 42.4. The second kappa shape index (κ2) is 20.5. The van der Waals surface area contributed by atoms with Crippen molar-refractivity contribution in [1.29, 1.82) is 0 Å². The van der Waals surface area contributed by atoms with Gasteiger partial charge in [0.25, 0.3) is 11.8 Å². The van der Waals surface area contributed by atoms with Gasteiger partial charge in [0.15, 0.2) is 0 Å². The molecule has 7 aromatic carbocycles. The Morgan fingerprint density at radius 2 is 0.767 bits per heavy atom. The maximum absolute atomic E-state index is 12.6. The number of hydrogen-bond donors (Lipinski definition) is 6. The molecule has 7 aromatic rings. The number of amides is 2. The predicted octanol–water partition coefficient (Wildman–Crippen LogP) is 10.6. The van der Waals surface area contributed by atoms with E-state index in [0.29, 0.717) is 24.2 Å². The topological polar surface area (TPSA) is 123 Å². The minimum atomic E-state index is -4.35. The summed E-state index contributed by atoms with van der Waals surface area (Å²) in [5, 5.41) is 24.8. The third-order valence-corrected chi connectivity index (χ3v) is 9.83. The molecule has 2 atom stereocenters. The Morgan fingerprint density at radius 1 is 0.433 bits per heavy atom. The van der Waals surface area contributed by atoms with Crippen LogP contribution < -0.4 is 21.6 Å². The van der Waals surface area contributed by atoms with Gasteiger partial charge in [-0.05, 0) is 80.9 Å². The van der Waals surface area contributed by atoms with Crippen LogP contribution in [0, 0.1) is 0 Å². The Morgan fingerprint density at radius 3 is 1.13 bits per heavy atom. The smallest absolute Gasteiger partial charge is 0.381 e. The molecule has 0 fully saturated rings. The van der Waals surface area contributed by atoms with E-state index < -0.39 is 35.4 Å². The molecule has 0 radical (unpaired) electrons. The van der Waals surface area contributed by atoms with Gasteiger partial charge in [0, 0.05) is 24.5 Å². The molecular formula is C49H43F3N4O4. The summed E-state index contributed by atoms with van der Waals surface area (Å²) in [7, 11) is 0. The number of carbonyl (C=O) groups excluding carboxylic acids is 2. The van der Waals surface area contributed by atoms with E-state index in [1.165, 1.54) is 28.8 Å². The molecule has 11 heteroatoms. The fraction of sp³-hybridized carbons (Fsp3) is 0.102. The van der Waals surface area contributed by atoms with Crippen LogP contribution >= 0.6 is 0 Å². The molecule has 60 heavy (non-hydrogen) atoms. The molecule has 6 N–H and O–H groups in total. The van der Waals surface area contributed by atoms with Gasteiger partial charge >= 0.3 is 6.18 Å². The van der Waals surface area contributed by atoms with Crippen molar-refractivity contribution in [2.75, 3.05) is 10.6 Å². The van der Waals surface area contributed by atoms with Crippen molar-refractivity contribution in [3.63, 3.8) is 0 Å². The lowest BCUT2D eigenvalue weighted by Gasteiger charge is -2.16. The molecule has 0 bridgehead atoms. The van der Waals surface area contributed by atoms with Gasteiger partial charge in [0.1, 0.15) is 0 Å². The highest BCUT2D eigenvalue weighted by Crippen LogP contribution is 2.30. The number of anilines is 2. The normalized spacial score (nSPS) is 11.9. The molecule has 304 valence electrons. The van der Waals surface area contributed by atoms with Crippen molar-refractivity contribution in [1.82, 2.24) is 11.0 Å². The average molecular weight is 809 g/mol. The average Bonchev–Trinajstić information content (AvgIpc) is 3.30. The molecule has 7 rings (SSSR count). The Labute approximate surface area is 346 Å². The van der Waals surface area contributed by atoms with Crippen LogP contribution in [0.15, 0.2) is 188 Å². The van der Waals surface area contributed by atoms with Crippen molar-refractivity contribution in [3.8, 4) is 11.1 Å². The van der Waals surface area contributed by atoms with Crippen LogP contribution in [0.2, 0.25) is 0 Å². The van der Waals surface area contributed by atoms with Gasteiger partial charge in [0.05, 0.1) is 17.4 Å². The number of hydrogen-bond acceptors (Lipinski definition) is 6. The second-order valence-electron chi connectivity index (χ2n) is 13.8. The molecule has 0 saturated carbocycles. The van der Waals surface area contributed by atoms with Crippen LogP contribution in [0.3, 0.4) is 0 Å². The molecule has 0 aliphatic heterocycles. The lowest BCUT2D eigenvalue weighted by Crippen LogP contribution is -2.27. The SMILES string of the molecule is O=C(NO)C(c1ccccc1)c1ccc(NCc2ccc(-c3ccccc3)cc2)cc1.O=C(NO)C(c1ccccc1)c1ccc(NCc2ccc(C(F)(F)F)cc2)cc1. The van der Waals surface area contributed by atoms with E-state index in [4.69, 9.17) is 5.21 Å². The maximum Gasteiger partial charge on any atom is 0.416 e. The summed E-state index contributed by atoms with van der Waals surface area (Å²) in [4.78, 5) is 24.4. The van der Waals surface area contributed by atoms with E-state index in [2.05, 4.69) is 47.0 Å². The molecule has 0 aromatic heterocycles. The minimum Gasteiger partial charge on any atom is -0.381 e. The summed E-state index contributed by atoms with van der Waals surface area (Å²) in [6.45, 7) is 1.06. The number of rotatable bonds is 13. The Bertz CT molecular complexity index is 2400. The van der Waals surface area contributed by atoms with Crippen LogP contribution in [0.5, 0.6) is 0 Å². The lowest BCUT2D eigenvalue weighted by atomic mass is 9.90. The monoisotopic (exact) mass is 808 g/mol. The van der Waals surface area contributed by atoms with E-state index in [1.807, 2.05) is 91.0 Å². The molecular weight excluding hydrogens is 766 g/mol. The highest BCUT2D eigenvalue weighted by atomic mass is 19.4. The van der Waals surface area contributed by atoms with E-state index in [1.54, 1.807) is 47.4 Å². The molecule has 0 spiro atoms. The lowest BCUT2D eigenvalue weighted by molar-refractivity contribution is -0.137. The zero-order chi connectivity index (χ0) is 42.3. The van der Waals surface area contributed by atoms with E-state index in [-0.39, 0.29) is 0 Å². The molecule has 0 aliphatic rings. The van der Waals surface area contributed by atoms with Gasteiger partial charge in [-0.25, -0.2) is 11.0 Å². The van der Waals surface area contributed by atoms with Gasteiger partial charge in [-0.1, -0.05) is 152 Å². The van der Waals surface area contributed by atoms with E-state index >= 15 is 0 Å². The highest BCUT2D eigenvalue weighted by Gasteiger charge is 2.30. The summed E-state index contributed by atoms with van der Waals surface area (Å²) in [5.41, 5.74) is 11.9. The zero-order valence-corrected chi connectivity index (χ0v) is 32.3. The summed E-state index contributed by atoms with van der Waals surface area (Å²) in [5.74, 6) is -2.22. The van der Waals surface area contributed by atoms with Gasteiger partial charge in [-0.15, -0.1) is 0 Å². The number of carbonyl (C=O) groups is 2. The van der Waals surface area contributed by atoms with Gasteiger partial charge in [-0.3, -0.25) is 20.0 Å². The zero-order valence-electron chi connectivity index (χ0n) is 32.3. The van der Waals surface area contributed by atoms with Crippen molar-refractivity contribution in [3.05, 3.63) is 227 Å². The molecule has 2 amide bonds. The van der Waals surface area contributed by atoms with Crippen LogP contribution in [-0.4, -0.2) is 22.2 Å². The molecule has 2 unspecified atom stereocenters. The Balaban J connectivity index is 0.000000202. The quantitative estimate of drug-likeness (QED) is 0.0510. The van der Waals surface area contributed by atoms with Crippen molar-refractivity contribution >= 4 is 23.2 Å². The van der Waals surface area contributed by atoms with Gasteiger partial charge in [-0.2, -0.15) is 13.2 Å². The summed E-state index contributed by atoms with van der Waals surface area (Å²) < 4.78 is 37.9. The summed E-state index contributed by atoms with van der Waals surface area (Å²) >= 11 is 0. The van der Waals surface area contributed by atoms with E-state index in [0.717, 1.165) is 40.2 Å². The van der Waals surface area contributed by atoms with Crippen LogP contribution in [-0.2, 0) is 28.9 Å². The largest absolute Gasteiger partial charge is 0.416 e. The Hall–Kier alpha value is -7.21. The standard InChI is InChI=1S/C27H24N2O2.C22H19F3N2O2/c30-27(29-31)26(23-9-5-2-6-10-23)24-15-17-25(18-16-24)28-19-20-11-13-22(14-12-20)21-7-3-1-4-8-21;23-22(24,25)18-10-6-15(7-11-18)14-26-19-12-8-17(9-13-19)20(21(28)27-29)16-4-2-1-3-5-16/h1-18,26,28,31H,19H2,(H,29,30);1-13,20,26,29H,14H2,(H,27,28). The third kappa shape index (κ3) is 11.5. The molecule has 0 heterocycles. The first-order valence-corrected chi connectivity index (χ1v) is 19.1. The molecule has 0 aliphatic carbocycles. The number of nitrogens with one attached hydrogen (secondary N) is 4. The number of hydroxylamine groups is 2. The Kier molecular flexibility index (Phi) is 14.5. The van der Waals surface area contributed by atoms with Crippen molar-refractivity contribution < 1.29 is 33.2 Å². The first-order valence-electron chi connectivity index (χ1n) is 19.1. The van der Waals surface area contributed by atoms with E-state index in [9.17, 15) is 28.0 Å². The number of alkyl halides is 3. The predicted molar refractivity (Wildman–Crippen MR) is 227 cm³/mol. The van der Waals surface area contributed by atoms with Gasteiger partial charge < -0.3 is 10.6 Å². The fourth-order valence-electron chi connectivity index (χ4n) is 6.66. The number of benzene rings is 7. The fourth-order valence-corrected chi connectivity index (χ4v) is 6.66. The summed E-state index contributed by atoms with van der Waals surface area (Å²) in [6.07, 6.45) is -4.35. The third-order valence-electron chi connectivity index (χ3n) is 9.83. The van der Waals surface area contributed by atoms with Crippen molar-refractivity contribution in [2.24, 2.45) is 0 Å². The second-order valence-corrected chi connectivity index (χ2v) is 13.8. The first-order chi connectivity index (χ1) is 29.1.